The fourth-order valence-electron chi connectivity index (χ4n) is 3.93. The van der Waals surface area contributed by atoms with Crippen LogP contribution in [0.2, 0.25) is 0 Å². The molecule has 10 heteroatoms. The predicted octanol–water partition coefficient (Wildman–Crippen LogP) is 2.22. The Morgan fingerprint density at radius 3 is 2.67 bits per heavy atom. The normalized spacial score (nSPS) is 16.4. The zero-order valence-corrected chi connectivity index (χ0v) is 17.9. The Hall–Kier alpha value is -3.79. The standard InChI is InChI=1S/C23H24FN7O2/c24-19-4-2-1-3-18(19)22(32)30-7-9-31(10-8-30)23-28-21(33-29-23)15-5-6-16(12-25)20(11-15)27-17-13-26-14-17/h1-6,11-12,17,25-27H,7-10,13-14H2. The number of rotatable bonds is 6. The minimum atomic E-state index is -0.510. The third-order valence-corrected chi connectivity index (χ3v) is 5.97. The fourth-order valence-corrected chi connectivity index (χ4v) is 3.93. The van der Waals surface area contributed by atoms with Gasteiger partial charge < -0.3 is 30.4 Å². The van der Waals surface area contributed by atoms with Crippen molar-refractivity contribution in [2.75, 3.05) is 49.5 Å². The lowest BCUT2D eigenvalue weighted by Crippen LogP contribution is -2.51. The molecule has 2 saturated heterocycles. The van der Waals surface area contributed by atoms with Gasteiger partial charge in [0.05, 0.1) is 11.6 Å². The maximum Gasteiger partial charge on any atom is 0.266 e. The van der Waals surface area contributed by atoms with Crippen LogP contribution in [0.25, 0.3) is 11.5 Å². The van der Waals surface area contributed by atoms with Gasteiger partial charge in [-0.05, 0) is 29.4 Å². The molecular weight excluding hydrogens is 425 g/mol. The van der Waals surface area contributed by atoms with Gasteiger partial charge >= 0.3 is 0 Å². The maximum absolute atomic E-state index is 14.0. The van der Waals surface area contributed by atoms with Gasteiger partial charge in [0.1, 0.15) is 5.82 Å². The zero-order chi connectivity index (χ0) is 22.8. The molecule has 2 fully saturated rings. The molecule has 0 radical (unpaired) electrons. The van der Waals surface area contributed by atoms with E-state index in [-0.39, 0.29) is 11.5 Å². The number of amides is 1. The van der Waals surface area contributed by atoms with Gasteiger partial charge in [0.2, 0.25) is 0 Å². The van der Waals surface area contributed by atoms with Gasteiger partial charge in [0, 0.05) is 62.3 Å². The average molecular weight is 449 g/mol. The molecule has 3 N–H and O–H groups in total. The second-order valence-electron chi connectivity index (χ2n) is 8.10. The van der Waals surface area contributed by atoms with Crippen molar-refractivity contribution in [2.24, 2.45) is 0 Å². The summed E-state index contributed by atoms with van der Waals surface area (Å²) in [5.74, 6) is 0.0248. The summed E-state index contributed by atoms with van der Waals surface area (Å²) in [6.07, 6.45) is 1.32. The molecule has 33 heavy (non-hydrogen) atoms. The van der Waals surface area contributed by atoms with Crippen LogP contribution in [-0.2, 0) is 0 Å². The fraction of sp³-hybridized carbons (Fsp3) is 0.304. The molecule has 9 nitrogen and oxygen atoms in total. The first kappa shape index (κ1) is 21.1. The van der Waals surface area contributed by atoms with E-state index in [2.05, 4.69) is 20.8 Å². The molecule has 2 aliphatic rings. The van der Waals surface area contributed by atoms with Crippen LogP contribution in [0.15, 0.2) is 47.0 Å². The van der Waals surface area contributed by atoms with Crippen LogP contribution < -0.4 is 15.5 Å². The van der Waals surface area contributed by atoms with Crippen molar-refractivity contribution in [3.8, 4) is 11.5 Å². The number of carbonyl (C=O) groups is 1. The van der Waals surface area contributed by atoms with Crippen molar-refractivity contribution in [2.45, 2.75) is 6.04 Å². The van der Waals surface area contributed by atoms with Gasteiger partial charge in [0.25, 0.3) is 17.7 Å². The highest BCUT2D eigenvalue weighted by Crippen LogP contribution is 2.27. The van der Waals surface area contributed by atoms with Crippen molar-refractivity contribution in [3.05, 3.63) is 59.4 Å². The minimum Gasteiger partial charge on any atom is -0.379 e. The Morgan fingerprint density at radius 1 is 1.18 bits per heavy atom. The van der Waals surface area contributed by atoms with Crippen LogP contribution in [0.3, 0.4) is 0 Å². The van der Waals surface area contributed by atoms with E-state index in [1.165, 1.54) is 18.3 Å². The second kappa shape index (κ2) is 8.99. The summed E-state index contributed by atoms with van der Waals surface area (Å²) < 4.78 is 19.5. The van der Waals surface area contributed by atoms with Gasteiger partial charge in [-0.2, -0.15) is 4.98 Å². The molecule has 5 rings (SSSR count). The Labute approximate surface area is 190 Å². The van der Waals surface area contributed by atoms with Crippen LogP contribution in [0.5, 0.6) is 0 Å². The lowest BCUT2D eigenvalue weighted by molar-refractivity contribution is 0.0741. The van der Waals surface area contributed by atoms with Crippen LogP contribution in [-0.4, -0.2) is 72.5 Å². The summed E-state index contributed by atoms with van der Waals surface area (Å²) in [5.41, 5.74) is 2.50. The molecule has 0 unspecified atom stereocenters. The van der Waals surface area contributed by atoms with Crippen molar-refractivity contribution >= 4 is 23.8 Å². The Kier molecular flexibility index (Phi) is 5.74. The highest BCUT2D eigenvalue weighted by molar-refractivity contribution is 5.94. The molecule has 1 amide bonds. The number of hydrogen-bond acceptors (Lipinski definition) is 8. The highest BCUT2D eigenvalue weighted by Gasteiger charge is 2.26. The summed E-state index contributed by atoms with van der Waals surface area (Å²) in [4.78, 5) is 20.8. The molecule has 0 atom stereocenters. The zero-order valence-electron chi connectivity index (χ0n) is 17.9. The molecule has 3 aromatic rings. The van der Waals surface area contributed by atoms with Crippen LogP contribution in [0, 0.1) is 11.2 Å². The van der Waals surface area contributed by atoms with Crippen molar-refractivity contribution in [3.63, 3.8) is 0 Å². The number of halogens is 1. The molecule has 0 aliphatic carbocycles. The molecule has 0 bridgehead atoms. The van der Waals surface area contributed by atoms with Gasteiger partial charge in [-0.3, -0.25) is 4.79 Å². The lowest BCUT2D eigenvalue weighted by Gasteiger charge is -2.33. The van der Waals surface area contributed by atoms with Gasteiger partial charge in [-0.1, -0.05) is 18.2 Å². The van der Waals surface area contributed by atoms with E-state index < -0.39 is 5.82 Å². The Morgan fingerprint density at radius 2 is 1.97 bits per heavy atom. The molecule has 2 aromatic carbocycles. The molecule has 0 saturated carbocycles. The van der Waals surface area contributed by atoms with Crippen LogP contribution in [0.1, 0.15) is 15.9 Å². The third kappa shape index (κ3) is 4.29. The summed E-state index contributed by atoms with van der Waals surface area (Å²) in [5, 5.41) is 18.4. The summed E-state index contributed by atoms with van der Waals surface area (Å²) in [6, 6.07) is 12.0. The first-order valence-corrected chi connectivity index (χ1v) is 10.9. The van der Waals surface area contributed by atoms with E-state index in [0.717, 1.165) is 29.9 Å². The van der Waals surface area contributed by atoms with E-state index in [0.29, 0.717) is 44.1 Å². The van der Waals surface area contributed by atoms with Crippen molar-refractivity contribution in [1.29, 1.82) is 5.41 Å². The number of nitrogens with one attached hydrogen (secondary N) is 3. The monoisotopic (exact) mass is 449 g/mol. The number of hydrogen-bond donors (Lipinski definition) is 3. The minimum absolute atomic E-state index is 0.0864. The van der Waals surface area contributed by atoms with E-state index in [9.17, 15) is 9.18 Å². The molecular formula is C23H24FN7O2. The molecule has 3 heterocycles. The van der Waals surface area contributed by atoms with E-state index >= 15 is 0 Å². The van der Waals surface area contributed by atoms with Crippen LogP contribution >= 0.6 is 0 Å². The van der Waals surface area contributed by atoms with Crippen molar-refractivity contribution in [1.82, 2.24) is 20.4 Å². The van der Waals surface area contributed by atoms with E-state index in [1.54, 1.807) is 17.0 Å². The second-order valence-corrected chi connectivity index (χ2v) is 8.10. The number of piperazine rings is 1. The number of aromatic nitrogens is 2. The largest absolute Gasteiger partial charge is 0.379 e. The quantitative estimate of drug-likeness (QED) is 0.495. The smallest absolute Gasteiger partial charge is 0.266 e. The third-order valence-electron chi connectivity index (χ3n) is 5.97. The molecule has 2 aliphatic heterocycles. The lowest BCUT2D eigenvalue weighted by atomic mass is 10.1. The first-order valence-electron chi connectivity index (χ1n) is 10.9. The van der Waals surface area contributed by atoms with Gasteiger partial charge in [0.15, 0.2) is 0 Å². The van der Waals surface area contributed by atoms with Crippen molar-refractivity contribution < 1.29 is 13.7 Å². The summed E-state index contributed by atoms with van der Waals surface area (Å²) >= 11 is 0. The number of benzene rings is 2. The topological polar surface area (TPSA) is 110 Å². The molecule has 1 aromatic heterocycles. The SMILES string of the molecule is N=Cc1ccc(-c2nc(N3CCN(C(=O)c4ccccc4F)CC3)no2)cc1NC1CNC1. The van der Waals surface area contributed by atoms with Gasteiger partial charge in [-0.15, -0.1) is 0 Å². The number of carbonyl (C=O) groups excluding carboxylic acids is 1. The number of nitrogens with zero attached hydrogens (tertiary/aromatic N) is 4. The molecule has 170 valence electrons. The van der Waals surface area contributed by atoms with E-state index in [4.69, 9.17) is 9.93 Å². The van der Waals surface area contributed by atoms with Gasteiger partial charge in [-0.25, -0.2) is 4.39 Å². The predicted molar refractivity (Wildman–Crippen MR) is 122 cm³/mol. The maximum atomic E-state index is 14.0. The average Bonchev–Trinajstić information content (AvgIpc) is 3.32. The number of anilines is 2. The first-order chi connectivity index (χ1) is 16.1. The Bertz CT molecular complexity index is 1170. The van der Waals surface area contributed by atoms with E-state index in [1.807, 2.05) is 23.1 Å². The van der Waals surface area contributed by atoms with Crippen LogP contribution in [0.4, 0.5) is 16.0 Å². The summed E-state index contributed by atoms with van der Waals surface area (Å²) in [6.45, 7) is 3.69. The summed E-state index contributed by atoms with van der Waals surface area (Å²) in [7, 11) is 0. The molecule has 0 spiro atoms. The highest BCUT2D eigenvalue weighted by atomic mass is 19.1. The Balaban J connectivity index is 1.26.